The van der Waals surface area contributed by atoms with E-state index in [0.29, 0.717) is 108 Å². The van der Waals surface area contributed by atoms with Crippen LogP contribution in [0.2, 0.25) is 0 Å². The molecule has 8 heterocycles. The third kappa shape index (κ3) is 25.3. The molecule has 0 aromatic heterocycles. The van der Waals surface area contributed by atoms with Gasteiger partial charge in [0.25, 0.3) is 33.5 Å². The van der Waals surface area contributed by atoms with Crippen molar-refractivity contribution in [3.63, 3.8) is 0 Å². The molecular formula is C107H135F3N4O18S2. The lowest BCUT2D eigenvalue weighted by molar-refractivity contribution is -0.191. The van der Waals surface area contributed by atoms with Crippen LogP contribution in [0.1, 0.15) is 277 Å². The zero-order valence-electron chi connectivity index (χ0n) is 79.4. The highest BCUT2D eigenvalue weighted by Crippen LogP contribution is 2.50. The Labute approximate surface area is 789 Å². The number of amides is 4. The number of rotatable bonds is 21. The Hall–Kier alpha value is -9.07. The van der Waals surface area contributed by atoms with Crippen LogP contribution in [0.3, 0.4) is 0 Å². The average molecular weight is 1890 g/mol. The van der Waals surface area contributed by atoms with Crippen LogP contribution in [-0.4, -0.2) is 207 Å². The predicted molar refractivity (Wildman–Crippen MR) is 508 cm³/mol. The van der Waals surface area contributed by atoms with Gasteiger partial charge in [-0.1, -0.05) is 140 Å². The number of alkyl halides is 3. The minimum Gasteiger partial charge on any atom is -0.386 e. The molecule has 134 heavy (non-hydrogen) atoms. The Kier molecular flexibility index (Phi) is 33.7. The number of aryl methyl sites for hydroxylation is 1. The standard InChI is InChI=1S/C28H37NO4.C27H35NO5S.C27H35NO4.C25H28F3NO5S/c1-5-32-23-18-25(21-9-7-6-8-10-21)33-28(19-23)13-15-29(16-14-28)26(30)22-11-12-24(20(2)17-22)27(3,4)31;1-4-32-23-18-25(21-8-6-5-7-9-21)33-27(19-23)14-16-28(17-15-27)26(29)22-10-12-24(13-11-22)34(30,31)20(2)3;1-4-31-23-18-24(20-8-6-5-7-9-20)32-27(19-23)14-16-28(17-15-27)25(29)21-10-12-22(13-11-21)26(2,3)30;1-2-33-20-16-22(18-6-4-3-5-7-18)34-24(17-20)12-14-29(15-13-24)23(30)19-8-10-21(11-9-19)35(31,32)25(26,27)28/h6-12,17,23,25,31H,5,13-16,18-19H2,1-4H3;5-13,20,23,25H,4,14-19H2,1-3H3;5-13,23-24,30H,4,14-19H2,1-3H3;3-11,20,22H,2,12-17H2,1H3. The van der Waals surface area contributed by atoms with Crippen molar-refractivity contribution in [1.82, 2.24) is 19.6 Å². The molecule has 724 valence electrons. The zero-order chi connectivity index (χ0) is 96.0. The SMILES string of the molecule is CCOC1CC(c2ccccc2)OC2(CCN(C(=O)c3ccc(C(C)(C)O)c(C)c3)CC2)C1.CCOC1CC(c2ccccc2)OC2(CCN(C(=O)c3ccc(C(C)(C)O)cc3)CC2)C1.CCOC1CC(c2ccccc2)OC2(CCN(C(=O)c3ccc(S(=O)(=O)C(C)C)cc3)CC2)C1.CCOC1CC(c2ccccc2)OC2(CCN(C(=O)c3ccc(S(=O)(=O)C(F)(F)F)cc3)CC2)C1. The number of likely N-dealkylation sites (tertiary alicyclic amines) is 4. The maximum absolute atomic E-state index is 13.2. The summed E-state index contributed by atoms with van der Waals surface area (Å²) in [5, 5.41) is 20.0. The van der Waals surface area contributed by atoms with Crippen LogP contribution < -0.4 is 0 Å². The monoisotopic (exact) mass is 1880 g/mol. The molecule has 8 saturated heterocycles. The third-order valence-electron chi connectivity index (χ3n) is 27.8. The molecule has 22 nitrogen and oxygen atoms in total. The molecule has 8 aliphatic heterocycles. The smallest absolute Gasteiger partial charge is 0.386 e. The first kappa shape index (κ1) is 102. The Balaban J connectivity index is 0.000000152. The van der Waals surface area contributed by atoms with Gasteiger partial charge in [0, 0.05) is 152 Å². The summed E-state index contributed by atoms with van der Waals surface area (Å²) in [6.07, 6.45) is 13.1. The second-order valence-corrected chi connectivity index (χ2v) is 42.8. The van der Waals surface area contributed by atoms with Gasteiger partial charge in [0.15, 0.2) is 9.84 Å². The molecule has 4 amide bonds. The number of ether oxygens (including phenoxy) is 8. The number of halogens is 3. The van der Waals surface area contributed by atoms with Gasteiger partial charge in [-0.05, 0) is 239 Å². The zero-order valence-corrected chi connectivity index (χ0v) is 81.0. The Bertz CT molecular complexity index is 5400. The highest BCUT2D eigenvalue weighted by Gasteiger charge is 2.52. The lowest BCUT2D eigenvalue weighted by Crippen LogP contribution is -2.52. The summed E-state index contributed by atoms with van der Waals surface area (Å²) in [4.78, 5) is 59.1. The first-order valence-corrected chi connectivity index (χ1v) is 50.8. The molecule has 8 aromatic rings. The number of sulfone groups is 2. The van der Waals surface area contributed by atoms with E-state index < -0.39 is 52.1 Å². The lowest BCUT2D eigenvalue weighted by Gasteiger charge is -2.48. The number of hydrogen-bond donors (Lipinski definition) is 2. The van der Waals surface area contributed by atoms with Gasteiger partial charge in [0.1, 0.15) is 0 Å². The number of piperidine rings is 4. The van der Waals surface area contributed by atoms with Crippen molar-refractivity contribution in [1.29, 1.82) is 0 Å². The molecule has 0 radical (unpaired) electrons. The number of carbonyl (C=O) groups is 4. The van der Waals surface area contributed by atoms with Gasteiger partial charge >= 0.3 is 5.51 Å². The van der Waals surface area contributed by atoms with Crippen molar-refractivity contribution in [2.45, 2.75) is 282 Å². The molecule has 8 unspecified atom stereocenters. The summed E-state index contributed by atoms with van der Waals surface area (Å²) in [7, 11) is -8.81. The molecule has 4 spiro atoms. The Morgan fingerprint density at radius 3 is 0.873 bits per heavy atom. The summed E-state index contributed by atoms with van der Waals surface area (Å²) in [6.45, 7) is 27.8. The number of benzene rings is 8. The van der Waals surface area contributed by atoms with E-state index in [-0.39, 0.29) is 99.7 Å². The van der Waals surface area contributed by atoms with Crippen LogP contribution in [0.5, 0.6) is 0 Å². The van der Waals surface area contributed by atoms with E-state index >= 15 is 0 Å². The quantitative estimate of drug-likeness (QED) is 0.0677. The van der Waals surface area contributed by atoms with Crippen LogP contribution in [0, 0.1) is 6.92 Å². The van der Waals surface area contributed by atoms with Gasteiger partial charge in [-0.2, -0.15) is 13.2 Å². The molecule has 8 aromatic carbocycles. The summed E-state index contributed by atoms with van der Waals surface area (Å²) in [5.41, 5.74) is 0.755. The van der Waals surface area contributed by atoms with Gasteiger partial charge < -0.3 is 67.7 Å². The second kappa shape index (κ2) is 44.2. The van der Waals surface area contributed by atoms with Crippen LogP contribution in [-0.2, 0) is 68.8 Å². The van der Waals surface area contributed by atoms with Crippen LogP contribution in [0.25, 0.3) is 0 Å². The number of aliphatic hydroxyl groups is 2. The molecule has 16 rings (SSSR count). The second-order valence-electron chi connectivity index (χ2n) is 38.4. The molecule has 8 atom stereocenters. The summed E-state index contributed by atoms with van der Waals surface area (Å²) < 4.78 is 137. The predicted octanol–water partition coefficient (Wildman–Crippen LogP) is 19.7. The van der Waals surface area contributed by atoms with Crippen LogP contribution in [0.4, 0.5) is 13.2 Å². The molecule has 2 N–H and O–H groups in total. The highest BCUT2D eigenvalue weighted by atomic mass is 32.2. The molecule has 0 saturated carbocycles. The molecular weight excluding hydrogens is 1750 g/mol. The van der Waals surface area contributed by atoms with Gasteiger partial charge in [-0.15, -0.1) is 0 Å². The summed E-state index contributed by atoms with van der Waals surface area (Å²) in [5.74, 6) is -0.335. The van der Waals surface area contributed by atoms with Crippen molar-refractivity contribution in [2.75, 3.05) is 78.8 Å². The first-order valence-electron chi connectivity index (χ1n) is 47.8. The maximum atomic E-state index is 13.2. The van der Waals surface area contributed by atoms with Crippen LogP contribution >= 0.6 is 0 Å². The third-order valence-corrected chi connectivity index (χ3v) is 31.4. The summed E-state index contributed by atoms with van der Waals surface area (Å²) >= 11 is 0. The van der Waals surface area contributed by atoms with E-state index in [1.165, 1.54) is 28.8 Å². The Morgan fingerprint density at radius 1 is 0.381 bits per heavy atom. The van der Waals surface area contributed by atoms with E-state index in [9.17, 15) is 59.4 Å². The van der Waals surface area contributed by atoms with E-state index in [4.69, 9.17) is 37.9 Å². The van der Waals surface area contributed by atoms with Gasteiger partial charge in [0.2, 0.25) is 0 Å². The fourth-order valence-electron chi connectivity index (χ4n) is 20.4. The number of nitrogens with zero attached hydrogens (tertiary/aromatic N) is 4. The van der Waals surface area contributed by atoms with E-state index in [2.05, 4.69) is 60.7 Å². The lowest BCUT2D eigenvalue weighted by atomic mass is 9.80. The van der Waals surface area contributed by atoms with Gasteiger partial charge in [-0.25, -0.2) is 16.8 Å². The molecule has 0 bridgehead atoms. The van der Waals surface area contributed by atoms with Crippen molar-refractivity contribution in [2.24, 2.45) is 0 Å². The minimum atomic E-state index is -5.45. The van der Waals surface area contributed by atoms with Crippen LogP contribution in [0.15, 0.2) is 222 Å². The molecule has 8 fully saturated rings. The molecule has 27 heteroatoms. The van der Waals surface area contributed by atoms with Crippen molar-refractivity contribution in [3.8, 4) is 0 Å². The Morgan fingerprint density at radius 2 is 0.634 bits per heavy atom. The highest BCUT2D eigenvalue weighted by molar-refractivity contribution is 7.92. The first-order chi connectivity index (χ1) is 63.8. The maximum Gasteiger partial charge on any atom is 0.501 e. The molecule has 8 aliphatic rings. The topological polar surface area (TPSA) is 264 Å². The fraction of sp³-hybridized carbons (Fsp3) is 0.514. The van der Waals surface area contributed by atoms with Crippen molar-refractivity contribution < 1.29 is 97.3 Å². The summed E-state index contributed by atoms with van der Waals surface area (Å²) in [6, 6.07) is 64.2. The minimum absolute atomic E-state index is 0.01000. The average Bonchev–Trinajstić information content (AvgIpc) is 0.785. The number of carbonyl (C=O) groups excluding carboxylic acids is 4. The van der Waals surface area contributed by atoms with Crippen molar-refractivity contribution in [3.05, 3.63) is 274 Å². The van der Waals surface area contributed by atoms with Crippen molar-refractivity contribution >= 4 is 43.3 Å². The largest absolute Gasteiger partial charge is 0.501 e. The van der Waals surface area contributed by atoms with Gasteiger partial charge in [0.05, 0.1) is 97.5 Å². The van der Waals surface area contributed by atoms with E-state index in [1.54, 1.807) is 58.6 Å². The van der Waals surface area contributed by atoms with E-state index in [1.807, 2.05) is 152 Å². The number of hydrogen-bond acceptors (Lipinski definition) is 18. The fourth-order valence-corrected chi connectivity index (χ4v) is 22.3. The normalized spacial score (nSPS) is 23.0. The van der Waals surface area contributed by atoms with E-state index in [0.717, 1.165) is 136 Å². The van der Waals surface area contributed by atoms with Gasteiger partial charge in [-0.3, -0.25) is 19.2 Å². The molecule has 0 aliphatic carbocycles.